The highest BCUT2D eigenvalue weighted by Crippen LogP contribution is 2.05. The van der Waals surface area contributed by atoms with Gasteiger partial charge in [-0.05, 0) is 12.1 Å². The van der Waals surface area contributed by atoms with E-state index in [9.17, 15) is 9.59 Å². The molecule has 1 heterocycles. The molecule has 88 valence electrons. The fraction of sp³-hybridized carbons (Fsp3) is 0.182. The Labute approximate surface area is 102 Å². The van der Waals surface area contributed by atoms with Gasteiger partial charge in [-0.15, -0.1) is 11.6 Å². The van der Waals surface area contributed by atoms with E-state index in [1.54, 1.807) is 24.3 Å². The predicted octanol–water partition coefficient (Wildman–Crippen LogP) is 0.892. The van der Waals surface area contributed by atoms with E-state index in [0.717, 1.165) is 0 Å². The monoisotopic (exact) mass is 251 g/mol. The molecule has 0 saturated carbocycles. The van der Waals surface area contributed by atoms with Crippen molar-refractivity contribution >= 4 is 28.4 Å². The van der Waals surface area contributed by atoms with Crippen molar-refractivity contribution in [2.24, 2.45) is 0 Å². The number of carbonyl (C=O) groups is 1. The number of para-hydroxylation sites is 1. The highest BCUT2D eigenvalue weighted by molar-refractivity contribution is 6.18. The molecule has 0 aliphatic carbocycles. The number of fused-ring (bicyclic) bond motifs is 1. The van der Waals surface area contributed by atoms with E-state index in [2.05, 4.69) is 15.3 Å². The van der Waals surface area contributed by atoms with Crippen LogP contribution in [0.1, 0.15) is 10.6 Å². The van der Waals surface area contributed by atoms with Crippen LogP contribution in [0.4, 0.5) is 0 Å². The number of aromatic nitrogens is 2. The number of hydrogen-bond donors (Lipinski definition) is 2. The Morgan fingerprint density at radius 3 is 2.94 bits per heavy atom. The second-order valence-corrected chi connectivity index (χ2v) is 3.75. The van der Waals surface area contributed by atoms with Gasteiger partial charge in [0.2, 0.25) is 0 Å². The Kier molecular flexibility index (Phi) is 3.39. The standard InChI is InChI=1S/C11H10ClN3O2/c12-5-6-13-11(17)9-14-8-4-2-1-3-7(8)10(16)15-9/h1-4H,5-6H2,(H,13,17)(H,14,15,16). The van der Waals surface area contributed by atoms with Gasteiger partial charge in [-0.3, -0.25) is 9.59 Å². The lowest BCUT2D eigenvalue weighted by Crippen LogP contribution is -2.29. The zero-order chi connectivity index (χ0) is 12.3. The third kappa shape index (κ3) is 2.45. The van der Waals surface area contributed by atoms with Crippen LogP contribution in [0, 0.1) is 0 Å². The van der Waals surface area contributed by atoms with Gasteiger partial charge in [0.1, 0.15) is 0 Å². The largest absolute Gasteiger partial charge is 0.348 e. The summed E-state index contributed by atoms with van der Waals surface area (Å²) in [5.74, 6) is -0.129. The number of carbonyl (C=O) groups excluding carboxylic acids is 1. The molecule has 0 aliphatic heterocycles. The molecular formula is C11H10ClN3O2. The number of benzene rings is 1. The van der Waals surface area contributed by atoms with E-state index in [0.29, 0.717) is 23.3 Å². The van der Waals surface area contributed by atoms with Gasteiger partial charge in [0, 0.05) is 12.4 Å². The van der Waals surface area contributed by atoms with Crippen LogP contribution in [0.25, 0.3) is 10.9 Å². The summed E-state index contributed by atoms with van der Waals surface area (Å²) in [5, 5.41) is 3.00. The predicted molar refractivity (Wildman–Crippen MR) is 65.4 cm³/mol. The molecule has 2 N–H and O–H groups in total. The molecule has 1 aromatic carbocycles. The van der Waals surface area contributed by atoms with Gasteiger partial charge in [-0.25, -0.2) is 4.98 Å². The third-order valence-corrected chi connectivity index (χ3v) is 2.40. The lowest BCUT2D eigenvalue weighted by atomic mass is 10.2. The van der Waals surface area contributed by atoms with Crippen LogP contribution in [0.2, 0.25) is 0 Å². The molecule has 2 aromatic rings. The molecule has 0 radical (unpaired) electrons. The van der Waals surface area contributed by atoms with E-state index in [4.69, 9.17) is 11.6 Å². The first-order valence-electron chi connectivity index (χ1n) is 5.05. The van der Waals surface area contributed by atoms with E-state index in [1.807, 2.05) is 0 Å². The first-order chi connectivity index (χ1) is 8.22. The van der Waals surface area contributed by atoms with Crippen molar-refractivity contribution < 1.29 is 4.79 Å². The second-order valence-electron chi connectivity index (χ2n) is 3.38. The van der Waals surface area contributed by atoms with Crippen LogP contribution in [0.15, 0.2) is 29.1 Å². The smallest absolute Gasteiger partial charge is 0.287 e. The number of rotatable bonds is 3. The second kappa shape index (κ2) is 4.97. The van der Waals surface area contributed by atoms with Gasteiger partial charge in [0.05, 0.1) is 10.9 Å². The molecule has 5 nitrogen and oxygen atoms in total. The average molecular weight is 252 g/mol. The molecule has 0 fully saturated rings. The summed E-state index contributed by atoms with van der Waals surface area (Å²) in [7, 11) is 0. The fourth-order valence-corrected chi connectivity index (χ4v) is 1.53. The molecule has 0 saturated heterocycles. The molecule has 1 amide bonds. The Hall–Kier alpha value is -1.88. The maximum Gasteiger partial charge on any atom is 0.287 e. The average Bonchev–Trinajstić information content (AvgIpc) is 2.36. The van der Waals surface area contributed by atoms with Crippen molar-refractivity contribution in [2.45, 2.75) is 0 Å². The van der Waals surface area contributed by atoms with Crippen LogP contribution in [0.5, 0.6) is 0 Å². The number of nitrogens with one attached hydrogen (secondary N) is 2. The van der Waals surface area contributed by atoms with Crippen molar-refractivity contribution in [1.82, 2.24) is 15.3 Å². The number of amides is 1. The molecule has 0 aliphatic rings. The maximum atomic E-state index is 11.7. The minimum absolute atomic E-state index is 0.00110. The van der Waals surface area contributed by atoms with Gasteiger partial charge in [-0.1, -0.05) is 12.1 Å². The summed E-state index contributed by atoms with van der Waals surface area (Å²) in [6.07, 6.45) is 0. The van der Waals surface area contributed by atoms with Crippen molar-refractivity contribution in [2.75, 3.05) is 12.4 Å². The lowest BCUT2D eigenvalue weighted by molar-refractivity contribution is 0.0946. The van der Waals surface area contributed by atoms with Gasteiger partial charge in [-0.2, -0.15) is 0 Å². The number of alkyl halides is 1. The summed E-state index contributed by atoms with van der Waals surface area (Å²) in [6, 6.07) is 6.84. The highest BCUT2D eigenvalue weighted by atomic mass is 35.5. The maximum absolute atomic E-state index is 11.7. The Morgan fingerprint density at radius 1 is 1.41 bits per heavy atom. The number of halogens is 1. The Bertz CT molecular complexity index is 609. The number of H-pyrrole nitrogens is 1. The molecule has 0 atom stereocenters. The lowest BCUT2D eigenvalue weighted by Gasteiger charge is -2.03. The zero-order valence-corrected chi connectivity index (χ0v) is 9.62. The van der Waals surface area contributed by atoms with E-state index < -0.39 is 5.91 Å². The summed E-state index contributed by atoms with van der Waals surface area (Å²) >= 11 is 5.45. The van der Waals surface area contributed by atoms with Crippen LogP contribution in [0.3, 0.4) is 0 Å². The van der Waals surface area contributed by atoms with Crippen LogP contribution < -0.4 is 10.9 Å². The van der Waals surface area contributed by atoms with E-state index in [1.165, 1.54) is 0 Å². The molecule has 0 bridgehead atoms. The number of nitrogens with zero attached hydrogens (tertiary/aromatic N) is 1. The molecule has 2 rings (SSSR count). The van der Waals surface area contributed by atoms with Gasteiger partial charge >= 0.3 is 0 Å². The van der Waals surface area contributed by atoms with Gasteiger partial charge in [0.15, 0.2) is 5.82 Å². The van der Waals surface area contributed by atoms with Crippen molar-refractivity contribution in [1.29, 1.82) is 0 Å². The zero-order valence-electron chi connectivity index (χ0n) is 8.87. The minimum atomic E-state index is -0.437. The number of hydrogen-bond acceptors (Lipinski definition) is 3. The summed E-state index contributed by atoms with van der Waals surface area (Å²) in [6.45, 7) is 0.330. The topological polar surface area (TPSA) is 74.8 Å². The molecule has 0 spiro atoms. The minimum Gasteiger partial charge on any atom is -0.348 e. The summed E-state index contributed by atoms with van der Waals surface area (Å²) < 4.78 is 0. The van der Waals surface area contributed by atoms with Crippen LogP contribution in [-0.4, -0.2) is 28.3 Å². The third-order valence-electron chi connectivity index (χ3n) is 2.21. The molecular weight excluding hydrogens is 242 g/mol. The quantitative estimate of drug-likeness (QED) is 0.796. The van der Waals surface area contributed by atoms with Crippen molar-refractivity contribution in [3.8, 4) is 0 Å². The summed E-state index contributed by atoms with van der Waals surface area (Å²) in [4.78, 5) is 29.8. The van der Waals surface area contributed by atoms with E-state index in [-0.39, 0.29) is 11.4 Å². The van der Waals surface area contributed by atoms with Crippen LogP contribution in [-0.2, 0) is 0 Å². The number of aromatic amines is 1. The van der Waals surface area contributed by atoms with Crippen LogP contribution >= 0.6 is 11.6 Å². The Morgan fingerprint density at radius 2 is 2.18 bits per heavy atom. The van der Waals surface area contributed by atoms with Gasteiger partial charge < -0.3 is 10.3 Å². The molecule has 0 unspecified atom stereocenters. The van der Waals surface area contributed by atoms with E-state index >= 15 is 0 Å². The first kappa shape index (κ1) is 11.6. The summed E-state index contributed by atoms with van der Waals surface area (Å²) in [5.41, 5.74) is 0.166. The molecule has 17 heavy (non-hydrogen) atoms. The van der Waals surface area contributed by atoms with Crippen molar-refractivity contribution in [3.05, 3.63) is 40.4 Å². The van der Waals surface area contributed by atoms with Gasteiger partial charge in [0.25, 0.3) is 11.5 Å². The Balaban J connectivity index is 2.43. The fourth-order valence-electron chi connectivity index (χ4n) is 1.44. The molecule has 1 aromatic heterocycles. The highest BCUT2D eigenvalue weighted by Gasteiger charge is 2.09. The molecule has 6 heteroatoms. The first-order valence-corrected chi connectivity index (χ1v) is 5.59. The normalized spacial score (nSPS) is 10.4. The van der Waals surface area contributed by atoms with Crippen molar-refractivity contribution in [3.63, 3.8) is 0 Å². The SMILES string of the molecule is O=C(NCCCl)c1nc2ccccc2c(=O)[nH]1.